The highest BCUT2D eigenvalue weighted by molar-refractivity contribution is 5.95. The summed E-state index contributed by atoms with van der Waals surface area (Å²) in [5, 5.41) is 7.57. The van der Waals surface area contributed by atoms with Gasteiger partial charge in [-0.15, -0.1) is 0 Å². The van der Waals surface area contributed by atoms with Crippen molar-refractivity contribution in [2.24, 2.45) is 5.73 Å². The Morgan fingerprint density at radius 3 is 2.14 bits per heavy atom. The van der Waals surface area contributed by atoms with Crippen LogP contribution in [0.15, 0.2) is 48.5 Å². The van der Waals surface area contributed by atoms with Gasteiger partial charge in [0.15, 0.2) is 0 Å². The Morgan fingerprint density at radius 2 is 1.61 bits per heavy atom. The molecule has 36 heavy (non-hydrogen) atoms. The third-order valence-corrected chi connectivity index (χ3v) is 7.47. The minimum Gasteiger partial charge on any atom is -0.465 e. The topological polar surface area (TPSA) is 89.1 Å². The number of likely N-dealkylation sites (tertiary alicyclic amines) is 1. The van der Waals surface area contributed by atoms with Crippen LogP contribution in [0.25, 0.3) is 0 Å². The van der Waals surface area contributed by atoms with Crippen LogP contribution in [0.3, 0.4) is 0 Å². The molecule has 0 radical (unpaired) electrons. The van der Waals surface area contributed by atoms with Gasteiger partial charge >= 0.3 is 5.97 Å². The Labute approximate surface area is 215 Å². The van der Waals surface area contributed by atoms with Crippen LogP contribution >= 0.6 is 0 Å². The molecule has 0 bridgehead atoms. The second kappa shape index (κ2) is 11.8. The van der Waals surface area contributed by atoms with Crippen LogP contribution in [0.2, 0.25) is 0 Å². The zero-order valence-electron chi connectivity index (χ0n) is 21.8. The lowest BCUT2D eigenvalue weighted by molar-refractivity contribution is -0.150. The van der Waals surface area contributed by atoms with Gasteiger partial charge in [-0.25, -0.2) is 4.79 Å². The number of carbonyl (C=O) groups excluding carboxylic acids is 1. The molecule has 0 amide bonds. The normalized spacial score (nSPS) is 18.6. The van der Waals surface area contributed by atoms with Gasteiger partial charge in [0.05, 0.1) is 6.61 Å². The molecule has 8 heteroatoms. The number of hydrogen-bond donors (Lipinski definition) is 2. The number of piperazine rings is 1. The number of rotatable bonds is 8. The second-order valence-corrected chi connectivity index (χ2v) is 9.89. The smallest absolute Gasteiger partial charge is 0.327 e. The molecule has 8 nitrogen and oxygen atoms in total. The van der Waals surface area contributed by atoms with Gasteiger partial charge in [0.25, 0.3) is 0 Å². The number of piperidine rings is 1. The summed E-state index contributed by atoms with van der Waals surface area (Å²) in [6.45, 7) is 8.08. The van der Waals surface area contributed by atoms with Gasteiger partial charge in [0, 0.05) is 76.3 Å². The maximum Gasteiger partial charge on any atom is 0.327 e. The van der Waals surface area contributed by atoms with E-state index in [1.54, 1.807) is 0 Å². The number of nitrogens with two attached hydrogens (primary N) is 1. The number of esters is 1. The molecule has 0 spiro atoms. The highest BCUT2D eigenvalue weighted by Crippen LogP contribution is 2.29. The lowest BCUT2D eigenvalue weighted by Gasteiger charge is -2.44. The number of ether oxygens (including phenoxy) is 1. The Hall–Kier alpha value is -3.10. The number of anilines is 2. The molecule has 2 saturated heterocycles. The average molecular weight is 493 g/mol. The first-order valence-electron chi connectivity index (χ1n) is 13.0. The standard InChI is InChI=1S/C28H40N6O2/c1-4-36-28(35)26(21-5-9-23(10-6-21)31(2)3)34-15-13-25(14-16-34)33-19-17-32(18-20-33)24-11-7-22(8-12-24)27(29)30/h5-12,25-26H,4,13-20H2,1-3H3,(H3,29,30). The maximum atomic E-state index is 13.0. The summed E-state index contributed by atoms with van der Waals surface area (Å²) in [5.41, 5.74) is 9.66. The number of nitrogen functional groups attached to an aromatic ring is 1. The van der Waals surface area contributed by atoms with E-state index in [0.717, 1.165) is 68.9 Å². The SMILES string of the molecule is CCOC(=O)C(c1ccc(N(C)C)cc1)N1CCC(N2CCN(c3ccc(C(=N)N)cc3)CC2)CC1. The number of hydrogen-bond acceptors (Lipinski definition) is 7. The van der Waals surface area contributed by atoms with Gasteiger partial charge < -0.3 is 20.3 Å². The molecule has 3 N–H and O–H groups in total. The summed E-state index contributed by atoms with van der Waals surface area (Å²) in [6.07, 6.45) is 2.11. The van der Waals surface area contributed by atoms with Gasteiger partial charge in [-0.05, 0) is 61.7 Å². The fraction of sp³-hybridized carbons (Fsp3) is 0.500. The van der Waals surface area contributed by atoms with Crippen molar-refractivity contribution in [1.82, 2.24) is 9.80 Å². The minimum absolute atomic E-state index is 0.105. The third-order valence-electron chi connectivity index (χ3n) is 7.47. The van der Waals surface area contributed by atoms with Crippen molar-refractivity contribution in [2.75, 3.05) is 69.8 Å². The Balaban J connectivity index is 1.34. The summed E-state index contributed by atoms with van der Waals surface area (Å²) in [7, 11) is 4.04. The molecule has 2 aliphatic rings. The molecular formula is C28H40N6O2. The number of amidine groups is 1. The van der Waals surface area contributed by atoms with Crippen molar-refractivity contribution in [3.8, 4) is 0 Å². The van der Waals surface area contributed by atoms with Crippen molar-refractivity contribution in [1.29, 1.82) is 5.41 Å². The molecule has 0 aliphatic carbocycles. The summed E-state index contributed by atoms with van der Waals surface area (Å²) in [6, 6.07) is 16.4. The number of benzene rings is 2. The van der Waals surface area contributed by atoms with E-state index < -0.39 is 0 Å². The van der Waals surface area contributed by atoms with E-state index in [9.17, 15) is 4.79 Å². The Kier molecular flexibility index (Phi) is 8.48. The largest absolute Gasteiger partial charge is 0.465 e. The van der Waals surface area contributed by atoms with Crippen molar-refractivity contribution in [3.63, 3.8) is 0 Å². The van der Waals surface area contributed by atoms with Crippen LogP contribution in [0, 0.1) is 5.41 Å². The first kappa shape index (κ1) is 26.0. The van der Waals surface area contributed by atoms with Gasteiger partial charge in [0.2, 0.25) is 0 Å². The first-order chi connectivity index (χ1) is 17.4. The fourth-order valence-corrected chi connectivity index (χ4v) is 5.38. The van der Waals surface area contributed by atoms with Crippen LogP contribution < -0.4 is 15.5 Å². The summed E-state index contributed by atoms with van der Waals surface area (Å²) in [5.74, 6) is -0.0496. The zero-order chi connectivity index (χ0) is 25.7. The maximum absolute atomic E-state index is 13.0. The molecule has 0 aromatic heterocycles. The third kappa shape index (κ3) is 5.99. The van der Waals surface area contributed by atoms with Crippen LogP contribution in [-0.4, -0.2) is 87.6 Å². The molecule has 2 fully saturated rings. The predicted molar refractivity (Wildman–Crippen MR) is 146 cm³/mol. The van der Waals surface area contributed by atoms with Crippen LogP contribution in [0.5, 0.6) is 0 Å². The van der Waals surface area contributed by atoms with Crippen LogP contribution in [-0.2, 0) is 9.53 Å². The monoisotopic (exact) mass is 492 g/mol. The van der Waals surface area contributed by atoms with E-state index in [1.165, 1.54) is 5.69 Å². The fourth-order valence-electron chi connectivity index (χ4n) is 5.38. The van der Waals surface area contributed by atoms with Gasteiger partial charge in [-0.2, -0.15) is 0 Å². The molecule has 1 unspecified atom stereocenters. The number of carbonyl (C=O) groups is 1. The van der Waals surface area contributed by atoms with E-state index in [0.29, 0.717) is 12.6 Å². The van der Waals surface area contributed by atoms with Crippen molar-refractivity contribution < 1.29 is 9.53 Å². The van der Waals surface area contributed by atoms with E-state index >= 15 is 0 Å². The zero-order valence-corrected chi connectivity index (χ0v) is 21.8. The van der Waals surface area contributed by atoms with Gasteiger partial charge in [-0.1, -0.05) is 12.1 Å². The molecule has 4 rings (SSSR count). The second-order valence-electron chi connectivity index (χ2n) is 9.89. The average Bonchev–Trinajstić information content (AvgIpc) is 2.90. The summed E-state index contributed by atoms with van der Waals surface area (Å²) < 4.78 is 5.48. The van der Waals surface area contributed by atoms with Crippen LogP contribution in [0.4, 0.5) is 11.4 Å². The van der Waals surface area contributed by atoms with Crippen molar-refractivity contribution >= 4 is 23.2 Å². The Bertz CT molecular complexity index is 1010. The quantitative estimate of drug-likeness (QED) is 0.333. The first-order valence-corrected chi connectivity index (χ1v) is 13.0. The lowest BCUT2D eigenvalue weighted by Crippen LogP contribution is -2.54. The minimum atomic E-state index is -0.350. The van der Waals surface area contributed by atoms with Crippen molar-refractivity contribution in [3.05, 3.63) is 59.7 Å². The Morgan fingerprint density at radius 1 is 1.00 bits per heavy atom. The van der Waals surface area contributed by atoms with E-state index in [4.69, 9.17) is 15.9 Å². The van der Waals surface area contributed by atoms with Crippen LogP contribution in [0.1, 0.15) is 36.9 Å². The van der Waals surface area contributed by atoms with E-state index in [2.05, 4.69) is 56.0 Å². The number of nitrogens with one attached hydrogen (secondary N) is 1. The van der Waals surface area contributed by atoms with Gasteiger partial charge in [-0.3, -0.25) is 15.2 Å². The molecule has 2 aromatic rings. The molecule has 194 valence electrons. The molecule has 2 heterocycles. The molecule has 0 saturated carbocycles. The molecular weight excluding hydrogens is 452 g/mol. The molecule has 2 aromatic carbocycles. The molecule has 2 aliphatic heterocycles. The number of nitrogens with zero attached hydrogens (tertiary/aromatic N) is 4. The lowest BCUT2D eigenvalue weighted by atomic mass is 9.97. The summed E-state index contributed by atoms with van der Waals surface area (Å²) in [4.78, 5) is 22.3. The summed E-state index contributed by atoms with van der Waals surface area (Å²) >= 11 is 0. The predicted octanol–water partition coefficient (Wildman–Crippen LogP) is 2.93. The highest BCUT2D eigenvalue weighted by atomic mass is 16.5. The molecule has 1 atom stereocenters. The van der Waals surface area contributed by atoms with E-state index in [-0.39, 0.29) is 17.8 Å². The van der Waals surface area contributed by atoms with E-state index in [1.807, 2.05) is 33.2 Å². The van der Waals surface area contributed by atoms with Gasteiger partial charge in [0.1, 0.15) is 11.9 Å². The highest BCUT2D eigenvalue weighted by Gasteiger charge is 2.34. The van der Waals surface area contributed by atoms with Crippen molar-refractivity contribution in [2.45, 2.75) is 31.8 Å².